The Hall–Kier alpha value is -4.05. The van der Waals surface area contributed by atoms with Gasteiger partial charge in [-0.05, 0) is 67.6 Å². The van der Waals surface area contributed by atoms with Gasteiger partial charge in [0.2, 0.25) is 0 Å². The summed E-state index contributed by atoms with van der Waals surface area (Å²) < 4.78 is 0. The van der Waals surface area contributed by atoms with Gasteiger partial charge in [0.25, 0.3) is 0 Å². The molecule has 0 bridgehead atoms. The molecule has 33 heavy (non-hydrogen) atoms. The number of nitrogens with one attached hydrogen (secondary N) is 2. The van der Waals surface area contributed by atoms with Gasteiger partial charge in [0.1, 0.15) is 17.6 Å². The van der Waals surface area contributed by atoms with Crippen LogP contribution in [-0.2, 0) is 6.54 Å². The van der Waals surface area contributed by atoms with Crippen LogP contribution in [0.15, 0.2) is 72.9 Å². The van der Waals surface area contributed by atoms with Gasteiger partial charge in [0.15, 0.2) is 0 Å². The molecule has 1 heterocycles. The van der Waals surface area contributed by atoms with E-state index in [4.69, 9.17) is 5.26 Å². The summed E-state index contributed by atoms with van der Waals surface area (Å²) in [6.07, 6.45) is 5.04. The smallest absolute Gasteiger partial charge is 0.322 e. The van der Waals surface area contributed by atoms with Gasteiger partial charge in [-0.15, -0.1) is 0 Å². The molecule has 7 nitrogen and oxygen atoms in total. The highest BCUT2D eigenvalue weighted by Crippen LogP contribution is 2.30. The summed E-state index contributed by atoms with van der Waals surface area (Å²) in [5.41, 5.74) is 2.35. The van der Waals surface area contributed by atoms with Gasteiger partial charge in [-0.1, -0.05) is 30.3 Å². The van der Waals surface area contributed by atoms with Crippen LogP contribution in [0.3, 0.4) is 0 Å². The number of hydrogen-bond donors (Lipinski definition) is 3. The fraction of sp³-hybridized carbons (Fsp3) is 0.269. The number of carbonyl (C=O) groups excluding carboxylic acids is 1. The maximum Gasteiger partial charge on any atom is 0.322 e. The van der Waals surface area contributed by atoms with E-state index < -0.39 is 0 Å². The second-order valence-corrected chi connectivity index (χ2v) is 8.22. The van der Waals surface area contributed by atoms with Crippen LogP contribution in [0.1, 0.15) is 36.8 Å². The molecular formula is C26H27N5O2. The molecule has 4 rings (SSSR count). The van der Waals surface area contributed by atoms with E-state index in [0.29, 0.717) is 12.1 Å². The summed E-state index contributed by atoms with van der Waals surface area (Å²) in [7, 11) is 0. The Morgan fingerprint density at radius 2 is 1.76 bits per heavy atom. The number of phenols is 1. The number of hydrogen-bond acceptors (Lipinski definition) is 5. The molecule has 0 saturated heterocycles. The average molecular weight is 442 g/mol. The Bertz CT molecular complexity index is 1090. The van der Waals surface area contributed by atoms with Gasteiger partial charge in [-0.2, -0.15) is 5.26 Å². The highest BCUT2D eigenvalue weighted by Gasteiger charge is 2.30. The first-order chi connectivity index (χ1) is 16.1. The topological polar surface area (TPSA) is 101 Å². The Morgan fingerprint density at radius 1 is 1.03 bits per heavy atom. The number of nitriles is 1. The second-order valence-electron chi connectivity index (χ2n) is 8.22. The van der Waals surface area contributed by atoms with Crippen molar-refractivity contribution >= 4 is 17.5 Å². The fourth-order valence-corrected chi connectivity index (χ4v) is 4.20. The van der Waals surface area contributed by atoms with Crippen LogP contribution in [0.25, 0.3) is 0 Å². The van der Waals surface area contributed by atoms with Crippen molar-refractivity contribution in [2.24, 2.45) is 0 Å². The van der Waals surface area contributed by atoms with Gasteiger partial charge in [0.05, 0.1) is 5.56 Å². The van der Waals surface area contributed by atoms with Crippen molar-refractivity contribution in [3.63, 3.8) is 0 Å². The zero-order chi connectivity index (χ0) is 23.0. The number of aromatic hydroxyl groups is 1. The van der Waals surface area contributed by atoms with E-state index in [1.54, 1.807) is 36.5 Å². The summed E-state index contributed by atoms with van der Waals surface area (Å²) >= 11 is 0. The number of anilines is 2. The van der Waals surface area contributed by atoms with Crippen molar-refractivity contribution in [2.75, 3.05) is 10.2 Å². The van der Waals surface area contributed by atoms with Crippen LogP contribution in [0.5, 0.6) is 5.75 Å². The maximum atomic E-state index is 13.2. The summed E-state index contributed by atoms with van der Waals surface area (Å²) in [6, 6.07) is 22.4. The molecule has 168 valence electrons. The lowest BCUT2D eigenvalue weighted by Crippen LogP contribution is -2.48. The molecule has 7 heteroatoms. The number of carbonyl (C=O) groups is 1. The zero-order valence-corrected chi connectivity index (χ0v) is 18.3. The predicted molar refractivity (Wildman–Crippen MR) is 128 cm³/mol. The molecule has 0 unspecified atom stereocenters. The van der Waals surface area contributed by atoms with E-state index >= 15 is 0 Å². The average Bonchev–Trinajstić information content (AvgIpc) is 2.86. The molecule has 1 aliphatic rings. The van der Waals surface area contributed by atoms with Crippen LogP contribution in [0.2, 0.25) is 0 Å². The van der Waals surface area contributed by atoms with Crippen molar-refractivity contribution in [1.29, 1.82) is 5.26 Å². The van der Waals surface area contributed by atoms with E-state index in [9.17, 15) is 9.90 Å². The molecule has 2 amide bonds. The summed E-state index contributed by atoms with van der Waals surface area (Å²) in [4.78, 5) is 19.4. The lowest BCUT2D eigenvalue weighted by atomic mass is 9.90. The zero-order valence-electron chi connectivity index (χ0n) is 18.3. The summed E-state index contributed by atoms with van der Waals surface area (Å²) in [6.45, 7) is 0.454. The van der Waals surface area contributed by atoms with E-state index in [0.717, 1.165) is 42.8 Å². The second kappa shape index (κ2) is 10.5. The molecule has 2 aromatic carbocycles. The van der Waals surface area contributed by atoms with E-state index in [2.05, 4.69) is 21.7 Å². The summed E-state index contributed by atoms with van der Waals surface area (Å²) in [5.74, 6) is 0.930. The van der Waals surface area contributed by atoms with Gasteiger partial charge in [0, 0.05) is 30.5 Å². The molecule has 0 aliphatic heterocycles. The molecule has 1 aliphatic carbocycles. The van der Waals surface area contributed by atoms with Gasteiger partial charge in [-0.25, -0.2) is 9.78 Å². The van der Waals surface area contributed by atoms with Crippen molar-refractivity contribution < 1.29 is 9.90 Å². The van der Waals surface area contributed by atoms with Gasteiger partial charge < -0.3 is 15.7 Å². The van der Waals surface area contributed by atoms with Crippen LogP contribution < -0.4 is 15.5 Å². The van der Waals surface area contributed by atoms with Crippen molar-refractivity contribution in [3.05, 3.63) is 84.1 Å². The first-order valence-corrected chi connectivity index (χ1v) is 11.1. The Labute approximate surface area is 193 Å². The largest absolute Gasteiger partial charge is 0.508 e. The van der Waals surface area contributed by atoms with E-state index in [-0.39, 0.29) is 23.9 Å². The maximum absolute atomic E-state index is 13.2. The van der Waals surface area contributed by atoms with E-state index in [1.807, 2.05) is 41.3 Å². The summed E-state index contributed by atoms with van der Waals surface area (Å²) in [5, 5.41) is 25.1. The lowest BCUT2D eigenvalue weighted by Gasteiger charge is -2.37. The quantitative estimate of drug-likeness (QED) is 0.510. The first kappa shape index (κ1) is 22.2. The van der Waals surface area contributed by atoms with Crippen LogP contribution in [0, 0.1) is 11.3 Å². The van der Waals surface area contributed by atoms with Crippen LogP contribution in [0.4, 0.5) is 16.3 Å². The monoisotopic (exact) mass is 441 g/mol. The van der Waals surface area contributed by atoms with Gasteiger partial charge >= 0.3 is 6.03 Å². The number of phenolic OH excluding ortho intramolecular Hbond substituents is 1. The standard InChI is InChI=1S/C26H27N5O2/c27-16-20-6-15-25(28-18-20)30-21-7-9-22(10-8-21)31(23-11-13-24(32)14-12-23)26(33)29-17-19-4-2-1-3-5-19/h1-6,11-15,18,21-22,32H,7-10,17H2,(H,28,30)(H,29,33). The number of aromatic nitrogens is 1. The molecule has 1 saturated carbocycles. The lowest BCUT2D eigenvalue weighted by molar-refractivity contribution is 0.240. The minimum absolute atomic E-state index is 0.0530. The third kappa shape index (κ3) is 5.80. The Morgan fingerprint density at radius 3 is 2.39 bits per heavy atom. The van der Waals surface area contributed by atoms with Crippen molar-refractivity contribution in [1.82, 2.24) is 10.3 Å². The number of rotatable bonds is 6. The minimum atomic E-state index is -0.144. The third-order valence-electron chi connectivity index (χ3n) is 5.94. The highest BCUT2D eigenvalue weighted by atomic mass is 16.3. The molecule has 1 aromatic heterocycles. The van der Waals surface area contributed by atoms with Crippen molar-refractivity contribution in [3.8, 4) is 11.8 Å². The molecular weight excluding hydrogens is 414 g/mol. The number of amides is 2. The Balaban J connectivity index is 1.41. The normalized spacial score (nSPS) is 17.5. The molecule has 3 N–H and O–H groups in total. The molecule has 0 atom stereocenters. The van der Waals surface area contributed by atoms with Gasteiger partial charge in [-0.3, -0.25) is 4.90 Å². The van der Waals surface area contributed by atoms with Crippen LogP contribution in [-0.4, -0.2) is 28.2 Å². The SMILES string of the molecule is N#Cc1ccc(NC2CCC(N(C(=O)NCc3ccccc3)c3ccc(O)cc3)CC2)nc1. The molecule has 0 spiro atoms. The third-order valence-corrected chi connectivity index (χ3v) is 5.94. The highest BCUT2D eigenvalue weighted by molar-refractivity contribution is 5.92. The predicted octanol–water partition coefficient (Wildman–Crippen LogP) is 4.80. The number of pyridine rings is 1. The minimum Gasteiger partial charge on any atom is -0.508 e. The Kier molecular flexibility index (Phi) is 7.06. The number of benzene rings is 2. The number of urea groups is 1. The first-order valence-electron chi connectivity index (χ1n) is 11.1. The number of nitrogens with zero attached hydrogens (tertiary/aromatic N) is 3. The fourth-order valence-electron chi connectivity index (χ4n) is 4.20. The molecule has 1 fully saturated rings. The molecule has 3 aromatic rings. The van der Waals surface area contributed by atoms with Crippen molar-refractivity contribution in [2.45, 2.75) is 44.3 Å². The molecule has 0 radical (unpaired) electrons. The van der Waals surface area contributed by atoms with E-state index in [1.165, 1.54) is 0 Å². The van der Waals surface area contributed by atoms with Crippen LogP contribution >= 0.6 is 0 Å².